The van der Waals surface area contributed by atoms with Crippen molar-refractivity contribution in [3.8, 4) is 0 Å². The molecule has 70 valence electrons. The van der Waals surface area contributed by atoms with Gasteiger partial charge in [0.2, 0.25) is 5.91 Å². The lowest BCUT2D eigenvalue weighted by molar-refractivity contribution is -0.113. The van der Waals surface area contributed by atoms with Gasteiger partial charge in [-0.15, -0.1) is 0 Å². The van der Waals surface area contributed by atoms with Crippen LogP contribution in [0.5, 0.6) is 0 Å². The number of alkyl halides is 1. The van der Waals surface area contributed by atoms with Crippen LogP contribution >= 0.6 is 47.8 Å². The molecule has 0 saturated carbocycles. The van der Waals surface area contributed by atoms with E-state index in [1.54, 1.807) is 0 Å². The molecule has 0 aromatic heterocycles. The molecule has 0 radical (unpaired) electrons. The van der Waals surface area contributed by atoms with Gasteiger partial charge in [0, 0.05) is 8.95 Å². The van der Waals surface area contributed by atoms with Crippen molar-refractivity contribution >= 4 is 59.4 Å². The third-order valence-corrected chi connectivity index (χ3v) is 3.18. The Balaban J connectivity index is 2.93. The molecule has 0 fully saturated rings. The summed E-state index contributed by atoms with van der Waals surface area (Å²) in [4.78, 5) is 11.1. The molecule has 1 aromatic rings. The number of anilines is 1. The minimum Gasteiger partial charge on any atom is -0.323 e. The maximum atomic E-state index is 11.1. The Labute approximate surface area is 101 Å². The van der Waals surface area contributed by atoms with Crippen LogP contribution < -0.4 is 5.32 Å². The van der Waals surface area contributed by atoms with Crippen LogP contribution in [-0.4, -0.2) is 11.2 Å². The number of amides is 1. The van der Waals surface area contributed by atoms with Crippen molar-refractivity contribution in [2.24, 2.45) is 0 Å². The van der Waals surface area contributed by atoms with E-state index in [1.165, 1.54) is 0 Å². The van der Waals surface area contributed by atoms with Crippen LogP contribution in [0.25, 0.3) is 0 Å². The zero-order valence-corrected chi connectivity index (χ0v) is 11.2. The van der Waals surface area contributed by atoms with Crippen LogP contribution in [0.1, 0.15) is 0 Å². The van der Waals surface area contributed by atoms with Gasteiger partial charge < -0.3 is 5.32 Å². The summed E-state index contributed by atoms with van der Waals surface area (Å²) in [5.41, 5.74) is 0.756. The summed E-state index contributed by atoms with van der Waals surface area (Å²) in [6, 6.07) is 5.63. The number of hydrogen-bond acceptors (Lipinski definition) is 1. The highest BCUT2D eigenvalue weighted by molar-refractivity contribution is 9.11. The Bertz CT molecular complexity index is 307. The van der Waals surface area contributed by atoms with Crippen LogP contribution in [0, 0.1) is 0 Å². The molecule has 0 bridgehead atoms. The van der Waals surface area contributed by atoms with E-state index in [4.69, 9.17) is 0 Å². The lowest BCUT2D eigenvalue weighted by Crippen LogP contribution is -2.13. The quantitative estimate of drug-likeness (QED) is 0.791. The van der Waals surface area contributed by atoms with Gasteiger partial charge in [0.1, 0.15) is 0 Å². The molecule has 13 heavy (non-hydrogen) atoms. The molecule has 2 nitrogen and oxygen atoms in total. The van der Waals surface area contributed by atoms with Gasteiger partial charge in [-0.2, -0.15) is 0 Å². The topological polar surface area (TPSA) is 29.1 Å². The maximum absolute atomic E-state index is 11.1. The van der Waals surface area contributed by atoms with Gasteiger partial charge in [0.15, 0.2) is 0 Å². The summed E-state index contributed by atoms with van der Waals surface area (Å²) in [5, 5.41) is 3.04. The maximum Gasteiger partial charge on any atom is 0.235 e. The summed E-state index contributed by atoms with van der Waals surface area (Å²) >= 11 is 9.77. The molecule has 1 N–H and O–H groups in total. The molecule has 0 saturated heterocycles. The highest BCUT2D eigenvalue weighted by atomic mass is 79.9. The van der Waals surface area contributed by atoms with Gasteiger partial charge in [0.25, 0.3) is 0 Å². The van der Waals surface area contributed by atoms with Gasteiger partial charge in [-0.1, -0.05) is 22.0 Å². The predicted octanol–water partition coefficient (Wildman–Crippen LogP) is 3.55. The van der Waals surface area contributed by atoms with E-state index >= 15 is 0 Å². The molecule has 5 heteroatoms. The Morgan fingerprint density at radius 2 is 1.85 bits per heavy atom. The van der Waals surface area contributed by atoms with Crippen LogP contribution in [0.4, 0.5) is 5.69 Å². The second-order valence-corrected chi connectivity index (χ2v) is 4.55. The average Bonchev–Trinajstić information content (AvgIpc) is 2.11. The molecule has 0 aliphatic rings. The SMILES string of the molecule is O=C(CBr)Nc1c(Br)cccc1Br. The summed E-state index contributed by atoms with van der Waals surface area (Å²) in [6.07, 6.45) is 0. The zero-order valence-electron chi connectivity index (χ0n) is 6.48. The first-order chi connectivity index (χ1) is 6.15. The van der Waals surface area contributed by atoms with Gasteiger partial charge in [-0.25, -0.2) is 0 Å². The van der Waals surface area contributed by atoms with E-state index in [2.05, 4.69) is 53.1 Å². The van der Waals surface area contributed by atoms with Crippen molar-refractivity contribution in [2.45, 2.75) is 0 Å². The number of benzene rings is 1. The molecular formula is C8H6Br3NO. The van der Waals surface area contributed by atoms with Crippen molar-refractivity contribution < 1.29 is 4.79 Å². The van der Waals surface area contributed by atoms with Crippen molar-refractivity contribution in [2.75, 3.05) is 10.6 Å². The number of carbonyl (C=O) groups is 1. The lowest BCUT2D eigenvalue weighted by atomic mass is 10.3. The second-order valence-electron chi connectivity index (χ2n) is 2.28. The molecule has 0 spiro atoms. The number of rotatable bonds is 2. The van der Waals surface area contributed by atoms with Crippen LogP contribution in [0.3, 0.4) is 0 Å². The summed E-state index contributed by atoms with van der Waals surface area (Å²) in [7, 11) is 0. The predicted molar refractivity (Wildman–Crippen MR) is 64.3 cm³/mol. The molecule has 0 aliphatic heterocycles. The number of para-hydroxylation sites is 1. The van der Waals surface area contributed by atoms with Crippen molar-refractivity contribution in [1.29, 1.82) is 0 Å². The molecule has 1 rings (SSSR count). The van der Waals surface area contributed by atoms with E-state index in [0.717, 1.165) is 14.6 Å². The first kappa shape index (κ1) is 11.2. The number of carbonyl (C=O) groups excluding carboxylic acids is 1. The second kappa shape index (κ2) is 5.12. The Hall–Kier alpha value is 0.130. The van der Waals surface area contributed by atoms with Crippen molar-refractivity contribution in [1.82, 2.24) is 0 Å². The minimum absolute atomic E-state index is 0.0763. The highest BCUT2D eigenvalue weighted by Crippen LogP contribution is 2.30. The zero-order chi connectivity index (χ0) is 9.84. The minimum atomic E-state index is -0.0763. The van der Waals surface area contributed by atoms with Crippen molar-refractivity contribution in [3.05, 3.63) is 27.1 Å². The van der Waals surface area contributed by atoms with E-state index < -0.39 is 0 Å². The average molecular weight is 372 g/mol. The first-order valence-corrected chi connectivity index (χ1v) is 6.15. The fourth-order valence-corrected chi connectivity index (χ4v) is 2.13. The molecule has 0 atom stereocenters. The van der Waals surface area contributed by atoms with Gasteiger partial charge >= 0.3 is 0 Å². The summed E-state index contributed by atoms with van der Waals surface area (Å²) in [5.74, 6) is -0.0763. The van der Waals surface area contributed by atoms with Crippen LogP contribution in [0.15, 0.2) is 27.1 Å². The van der Waals surface area contributed by atoms with E-state index in [9.17, 15) is 4.79 Å². The molecule has 1 aromatic carbocycles. The Morgan fingerprint density at radius 1 is 1.31 bits per heavy atom. The summed E-state index contributed by atoms with van der Waals surface area (Å²) in [6.45, 7) is 0. The number of halogens is 3. The smallest absolute Gasteiger partial charge is 0.235 e. The van der Waals surface area contributed by atoms with Crippen LogP contribution in [0.2, 0.25) is 0 Å². The third-order valence-electron chi connectivity index (χ3n) is 1.35. The number of hydrogen-bond donors (Lipinski definition) is 1. The molecule has 0 heterocycles. The van der Waals surface area contributed by atoms with Gasteiger partial charge in [-0.3, -0.25) is 4.79 Å². The number of nitrogens with one attached hydrogen (secondary N) is 1. The Morgan fingerprint density at radius 3 is 2.31 bits per heavy atom. The standard InChI is InChI=1S/C8H6Br3NO/c9-4-7(13)12-8-5(10)2-1-3-6(8)11/h1-3H,4H2,(H,12,13). The lowest BCUT2D eigenvalue weighted by Gasteiger charge is -2.07. The van der Waals surface area contributed by atoms with Gasteiger partial charge in [0.05, 0.1) is 11.0 Å². The third kappa shape index (κ3) is 3.07. The Kier molecular flexibility index (Phi) is 4.41. The fraction of sp³-hybridized carbons (Fsp3) is 0.125. The van der Waals surface area contributed by atoms with E-state index in [0.29, 0.717) is 5.33 Å². The first-order valence-electron chi connectivity index (χ1n) is 3.45. The largest absolute Gasteiger partial charge is 0.323 e. The summed E-state index contributed by atoms with van der Waals surface area (Å²) < 4.78 is 1.72. The van der Waals surface area contributed by atoms with E-state index in [-0.39, 0.29) is 5.91 Å². The molecule has 1 amide bonds. The van der Waals surface area contributed by atoms with Gasteiger partial charge in [-0.05, 0) is 44.0 Å². The highest BCUT2D eigenvalue weighted by Gasteiger charge is 2.06. The van der Waals surface area contributed by atoms with Crippen LogP contribution in [-0.2, 0) is 4.79 Å². The molecular weight excluding hydrogens is 366 g/mol. The molecule has 0 unspecified atom stereocenters. The monoisotopic (exact) mass is 369 g/mol. The van der Waals surface area contributed by atoms with Crippen molar-refractivity contribution in [3.63, 3.8) is 0 Å². The normalized spacial score (nSPS) is 9.77. The molecule has 0 aliphatic carbocycles. The van der Waals surface area contributed by atoms with E-state index in [1.807, 2.05) is 18.2 Å². The fourth-order valence-electron chi connectivity index (χ4n) is 0.790.